The van der Waals surface area contributed by atoms with Crippen molar-refractivity contribution >= 4 is 23.1 Å². The molecule has 2 aromatic rings. The highest BCUT2D eigenvalue weighted by atomic mass is 32.2. The van der Waals surface area contributed by atoms with Crippen molar-refractivity contribution in [2.45, 2.75) is 87.8 Å². The van der Waals surface area contributed by atoms with Crippen LogP contribution in [0.5, 0.6) is 0 Å². The van der Waals surface area contributed by atoms with Gasteiger partial charge >= 0.3 is 0 Å². The summed E-state index contributed by atoms with van der Waals surface area (Å²) in [6.07, 6.45) is 13.1. The Balaban J connectivity index is 1.63. The minimum atomic E-state index is 1.21. The predicted molar refractivity (Wildman–Crippen MR) is 116 cm³/mol. The Morgan fingerprint density at radius 3 is 1.62 bits per heavy atom. The molecular weight excluding hydrogens is 334 g/mol. The van der Waals surface area contributed by atoms with Crippen LogP contribution in [0.3, 0.4) is 0 Å². The molecule has 26 heavy (non-hydrogen) atoms. The van der Waals surface area contributed by atoms with Gasteiger partial charge in [-0.25, -0.2) is 0 Å². The topological polar surface area (TPSA) is 12.0 Å². The number of hydrogen-bond acceptors (Lipinski definition) is 2. The molecule has 0 amide bonds. The van der Waals surface area contributed by atoms with Gasteiger partial charge in [0.1, 0.15) is 0 Å². The van der Waals surface area contributed by atoms with Crippen LogP contribution in [0.25, 0.3) is 0 Å². The second kappa shape index (κ2) is 10.1. The van der Waals surface area contributed by atoms with E-state index in [0.717, 1.165) is 0 Å². The Kier molecular flexibility index (Phi) is 7.49. The highest BCUT2D eigenvalue weighted by molar-refractivity contribution is 7.99. The molecule has 1 N–H and O–H groups in total. The highest BCUT2D eigenvalue weighted by Gasteiger charge is 2.16. The van der Waals surface area contributed by atoms with E-state index >= 15 is 0 Å². The molecule has 0 aliphatic carbocycles. The lowest BCUT2D eigenvalue weighted by molar-refractivity contribution is 0.666. The summed E-state index contributed by atoms with van der Waals surface area (Å²) in [5.74, 6) is 0. The van der Waals surface area contributed by atoms with E-state index in [1.807, 2.05) is 11.8 Å². The molecule has 0 radical (unpaired) electrons. The van der Waals surface area contributed by atoms with Gasteiger partial charge in [0, 0.05) is 9.79 Å². The van der Waals surface area contributed by atoms with Crippen molar-refractivity contribution in [1.29, 1.82) is 0 Å². The van der Waals surface area contributed by atoms with E-state index in [-0.39, 0.29) is 0 Å². The number of unbranched alkanes of at least 4 members (excludes halogenated alkanes) is 6. The zero-order valence-electron chi connectivity index (χ0n) is 16.4. The molecule has 0 aromatic heterocycles. The van der Waals surface area contributed by atoms with Gasteiger partial charge in [-0.3, -0.25) is 0 Å². The normalized spacial score (nSPS) is 12.4. The largest absolute Gasteiger partial charge is 0.354 e. The molecule has 2 heteroatoms. The van der Waals surface area contributed by atoms with Gasteiger partial charge in [-0.2, -0.15) is 0 Å². The molecule has 0 bridgehead atoms. The molecule has 0 saturated heterocycles. The van der Waals surface area contributed by atoms with Crippen molar-refractivity contribution in [2.24, 2.45) is 0 Å². The van der Waals surface area contributed by atoms with E-state index in [2.05, 4.69) is 55.6 Å². The molecule has 140 valence electrons. The van der Waals surface area contributed by atoms with Crippen molar-refractivity contribution in [3.63, 3.8) is 0 Å². The van der Waals surface area contributed by atoms with E-state index in [4.69, 9.17) is 0 Å². The van der Waals surface area contributed by atoms with Crippen molar-refractivity contribution in [3.8, 4) is 0 Å². The number of aryl methyl sites for hydroxylation is 2. The maximum absolute atomic E-state index is 3.63. The number of nitrogens with one attached hydrogen (secondary N) is 1. The summed E-state index contributed by atoms with van der Waals surface area (Å²) < 4.78 is 0. The van der Waals surface area contributed by atoms with Gasteiger partial charge in [-0.15, -0.1) is 0 Å². The van der Waals surface area contributed by atoms with Crippen LogP contribution in [-0.4, -0.2) is 0 Å². The minimum absolute atomic E-state index is 1.21. The van der Waals surface area contributed by atoms with Crippen LogP contribution in [0.15, 0.2) is 46.2 Å². The Bertz CT molecular complexity index is 648. The number of anilines is 2. The lowest BCUT2D eigenvalue weighted by atomic mass is 10.0. The quantitative estimate of drug-likeness (QED) is 0.363. The summed E-state index contributed by atoms with van der Waals surface area (Å²) in [5.41, 5.74) is 5.48. The van der Waals surface area contributed by atoms with Crippen LogP contribution in [-0.2, 0) is 12.8 Å². The Morgan fingerprint density at radius 2 is 1.15 bits per heavy atom. The van der Waals surface area contributed by atoms with Gasteiger partial charge in [0.15, 0.2) is 0 Å². The van der Waals surface area contributed by atoms with Gasteiger partial charge in [0.2, 0.25) is 0 Å². The molecule has 0 fully saturated rings. The summed E-state index contributed by atoms with van der Waals surface area (Å²) in [6.45, 7) is 4.55. The van der Waals surface area contributed by atoms with Gasteiger partial charge in [-0.05, 0) is 61.1 Å². The molecule has 2 aromatic carbocycles. The molecule has 1 nitrogen and oxygen atoms in total. The molecule has 0 saturated carbocycles. The average molecular weight is 368 g/mol. The van der Waals surface area contributed by atoms with E-state index in [9.17, 15) is 0 Å². The molecular formula is C24H33NS. The minimum Gasteiger partial charge on any atom is -0.354 e. The van der Waals surface area contributed by atoms with Gasteiger partial charge in [-0.1, -0.05) is 76.3 Å². The first kappa shape index (κ1) is 19.4. The van der Waals surface area contributed by atoms with Crippen molar-refractivity contribution < 1.29 is 0 Å². The molecule has 0 unspecified atom stereocenters. The fourth-order valence-corrected chi connectivity index (χ4v) is 4.71. The third-order valence-corrected chi connectivity index (χ3v) is 6.33. The number of hydrogen-bond donors (Lipinski definition) is 1. The van der Waals surface area contributed by atoms with E-state index in [1.165, 1.54) is 96.5 Å². The van der Waals surface area contributed by atoms with Crippen LogP contribution < -0.4 is 5.32 Å². The molecule has 3 rings (SSSR count). The second-order valence-corrected chi connectivity index (χ2v) is 8.59. The SMILES string of the molecule is CCCCCCc1ccc2c(c1)Sc1cc(CCCCCC)ccc1N2. The monoisotopic (exact) mass is 367 g/mol. The van der Waals surface area contributed by atoms with Gasteiger partial charge in [0.25, 0.3) is 0 Å². The van der Waals surface area contributed by atoms with Crippen LogP contribution in [0.4, 0.5) is 11.4 Å². The fourth-order valence-electron chi connectivity index (χ4n) is 3.60. The Morgan fingerprint density at radius 1 is 0.654 bits per heavy atom. The molecule has 1 heterocycles. The molecule has 1 aliphatic heterocycles. The third-order valence-electron chi connectivity index (χ3n) is 5.22. The summed E-state index contributed by atoms with van der Waals surface area (Å²) >= 11 is 1.94. The third kappa shape index (κ3) is 5.30. The summed E-state index contributed by atoms with van der Waals surface area (Å²) in [7, 11) is 0. The summed E-state index contributed by atoms with van der Waals surface area (Å²) in [4.78, 5) is 2.77. The van der Waals surface area contributed by atoms with Crippen LogP contribution in [0.2, 0.25) is 0 Å². The zero-order chi connectivity index (χ0) is 18.2. The van der Waals surface area contributed by atoms with E-state index in [0.29, 0.717) is 0 Å². The van der Waals surface area contributed by atoms with Crippen LogP contribution >= 0.6 is 11.8 Å². The van der Waals surface area contributed by atoms with Gasteiger partial charge < -0.3 is 5.32 Å². The molecule has 1 aliphatic rings. The maximum atomic E-state index is 3.63. The Labute approximate surface area is 164 Å². The van der Waals surface area contributed by atoms with Crippen molar-refractivity contribution in [1.82, 2.24) is 0 Å². The van der Waals surface area contributed by atoms with E-state index < -0.39 is 0 Å². The fraction of sp³-hybridized carbons (Fsp3) is 0.500. The number of rotatable bonds is 10. The maximum Gasteiger partial charge on any atom is 0.0526 e. The first-order chi connectivity index (χ1) is 12.8. The zero-order valence-corrected chi connectivity index (χ0v) is 17.3. The predicted octanol–water partition coefficient (Wildman–Crippen LogP) is 8.14. The Hall–Kier alpha value is -1.41. The van der Waals surface area contributed by atoms with Crippen molar-refractivity contribution in [3.05, 3.63) is 47.5 Å². The number of fused-ring (bicyclic) bond motifs is 2. The second-order valence-electron chi connectivity index (χ2n) is 7.51. The first-order valence-electron chi connectivity index (χ1n) is 10.5. The van der Waals surface area contributed by atoms with E-state index in [1.54, 1.807) is 0 Å². The lowest BCUT2D eigenvalue weighted by Gasteiger charge is -2.22. The molecule has 0 atom stereocenters. The standard InChI is InChI=1S/C24H33NS/c1-3-5-7-9-11-19-13-15-21-23(17-19)26-24-18-20(12-10-8-6-4-2)14-16-22(24)25-21/h13-18,25H,3-12H2,1-2H3. The van der Waals surface area contributed by atoms with Crippen LogP contribution in [0, 0.1) is 0 Å². The lowest BCUT2D eigenvalue weighted by Crippen LogP contribution is -2.01. The smallest absolute Gasteiger partial charge is 0.0526 e. The molecule has 0 spiro atoms. The van der Waals surface area contributed by atoms with Crippen LogP contribution in [0.1, 0.15) is 76.3 Å². The van der Waals surface area contributed by atoms with Crippen molar-refractivity contribution in [2.75, 3.05) is 5.32 Å². The average Bonchev–Trinajstić information content (AvgIpc) is 2.67. The highest BCUT2D eigenvalue weighted by Crippen LogP contribution is 2.45. The number of benzene rings is 2. The summed E-state index contributed by atoms with van der Waals surface area (Å²) in [6, 6.07) is 13.9. The first-order valence-corrected chi connectivity index (χ1v) is 11.3. The van der Waals surface area contributed by atoms with Gasteiger partial charge in [0.05, 0.1) is 11.4 Å². The summed E-state index contributed by atoms with van der Waals surface area (Å²) in [5, 5.41) is 3.63.